The monoisotopic (exact) mass is 374 g/mol. The normalized spacial score (nSPS) is 18.1. The van der Waals surface area contributed by atoms with Gasteiger partial charge in [-0.1, -0.05) is 19.8 Å². The number of carbonyl (C=O) groups excluding carboxylic acids is 2. The number of aromatic nitrogens is 1. The Morgan fingerprint density at radius 1 is 1.41 bits per heavy atom. The molecule has 1 N–H and O–H groups in total. The van der Waals surface area contributed by atoms with Gasteiger partial charge in [0.15, 0.2) is 0 Å². The summed E-state index contributed by atoms with van der Waals surface area (Å²) in [4.78, 5) is 33.7. The minimum atomic E-state index is -0.183. The fourth-order valence-electron chi connectivity index (χ4n) is 4.17. The van der Waals surface area contributed by atoms with Crippen molar-refractivity contribution in [1.82, 2.24) is 20.1 Å². The number of likely N-dealkylation sites (N-methyl/N-ethyl adjacent to an activating group) is 1. The number of ether oxygens (including phenoxy) is 1. The number of amides is 2. The van der Waals surface area contributed by atoms with Crippen LogP contribution in [0.1, 0.15) is 60.6 Å². The van der Waals surface area contributed by atoms with Gasteiger partial charge in [0.1, 0.15) is 0 Å². The van der Waals surface area contributed by atoms with Gasteiger partial charge in [-0.2, -0.15) is 0 Å². The zero-order valence-electron chi connectivity index (χ0n) is 16.7. The highest BCUT2D eigenvalue weighted by Gasteiger charge is 2.36. The third-order valence-electron chi connectivity index (χ3n) is 5.68. The van der Waals surface area contributed by atoms with Gasteiger partial charge in [-0.15, -0.1) is 0 Å². The summed E-state index contributed by atoms with van der Waals surface area (Å²) in [5.41, 5.74) is 2.16. The molecule has 2 amide bonds. The van der Waals surface area contributed by atoms with E-state index in [0.717, 1.165) is 30.5 Å². The predicted octanol–water partition coefficient (Wildman–Crippen LogP) is 1.94. The van der Waals surface area contributed by atoms with Crippen LogP contribution in [0.4, 0.5) is 0 Å². The first kappa shape index (κ1) is 19.6. The maximum atomic E-state index is 12.9. The van der Waals surface area contributed by atoms with Crippen LogP contribution >= 0.6 is 0 Å². The Morgan fingerprint density at radius 3 is 2.70 bits per heavy atom. The van der Waals surface area contributed by atoms with Crippen molar-refractivity contribution in [2.45, 2.75) is 64.2 Å². The largest absolute Gasteiger partial charge is 0.481 e. The number of methoxy groups -OCH3 is 1. The average molecular weight is 374 g/mol. The molecular formula is C20H30N4O3. The maximum absolute atomic E-state index is 12.9. The van der Waals surface area contributed by atoms with Crippen molar-refractivity contribution in [1.29, 1.82) is 0 Å². The Labute approximate surface area is 161 Å². The van der Waals surface area contributed by atoms with Crippen molar-refractivity contribution >= 4 is 11.8 Å². The highest BCUT2D eigenvalue weighted by Crippen LogP contribution is 2.33. The SMILES string of the molecule is CC[C@@H](C(=O)NCc1cc2c(nc1OC)CN(C1CCCC1)C2=O)N(C)C. The zero-order chi connectivity index (χ0) is 19.6. The van der Waals surface area contributed by atoms with Crippen LogP contribution in [-0.4, -0.2) is 59.9 Å². The van der Waals surface area contributed by atoms with E-state index in [-0.39, 0.29) is 17.9 Å². The lowest BCUT2D eigenvalue weighted by atomic mass is 10.1. The van der Waals surface area contributed by atoms with Gasteiger partial charge in [-0.05, 0) is 39.4 Å². The average Bonchev–Trinajstić information content (AvgIpc) is 3.27. The van der Waals surface area contributed by atoms with Crippen LogP contribution in [0.2, 0.25) is 0 Å². The van der Waals surface area contributed by atoms with E-state index in [9.17, 15) is 9.59 Å². The molecule has 0 bridgehead atoms. The van der Waals surface area contributed by atoms with Crippen LogP contribution < -0.4 is 10.1 Å². The second-order valence-electron chi connectivity index (χ2n) is 7.63. The van der Waals surface area contributed by atoms with E-state index >= 15 is 0 Å². The molecule has 7 nitrogen and oxygen atoms in total. The summed E-state index contributed by atoms with van der Waals surface area (Å²) in [5.74, 6) is 0.497. The van der Waals surface area contributed by atoms with Crippen molar-refractivity contribution < 1.29 is 14.3 Å². The van der Waals surface area contributed by atoms with E-state index in [4.69, 9.17) is 4.74 Å². The summed E-state index contributed by atoms with van der Waals surface area (Å²) >= 11 is 0. The summed E-state index contributed by atoms with van der Waals surface area (Å²) in [7, 11) is 5.35. The quantitative estimate of drug-likeness (QED) is 0.790. The minimum Gasteiger partial charge on any atom is -0.481 e. The van der Waals surface area contributed by atoms with E-state index in [0.29, 0.717) is 30.6 Å². The number of fused-ring (bicyclic) bond motifs is 1. The van der Waals surface area contributed by atoms with Crippen molar-refractivity contribution in [2.24, 2.45) is 0 Å². The molecule has 1 saturated carbocycles. The Hall–Kier alpha value is -2.15. The molecule has 2 aliphatic rings. The summed E-state index contributed by atoms with van der Waals surface area (Å²) in [6.07, 6.45) is 5.24. The minimum absolute atomic E-state index is 0.0380. The fraction of sp³-hybridized carbons (Fsp3) is 0.650. The lowest BCUT2D eigenvalue weighted by Gasteiger charge is -2.22. The summed E-state index contributed by atoms with van der Waals surface area (Å²) in [6, 6.07) is 1.99. The van der Waals surface area contributed by atoms with Crippen LogP contribution in [-0.2, 0) is 17.9 Å². The molecule has 0 aromatic carbocycles. The van der Waals surface area contributed by atoms with Crippen LogP contribution in [0, 0.1) is 0 Å². The van der Waals surface area contributed by atoms with E-state index in [1.165, 1.54) is 12.8 Å². The standard InChI is InChI=1S/C20H30N4O3/c1-5-17(23(2)3)18(25)21-11-13-10-15-16(22-19(13)27-4)12-24(20(15)26)14-8-6-7-9-14/h10,14,17H,5-9,11-12H2,1-4H3,(H,21,25)/t17-/m0/s1. The van der Waals surface area contributed by atoms with Crippen molar-refractivity contribution in [2.75, 3.05) is 21.2 Å². The Morgan fingerprint density at radius 2 is 2.11 bits per heavy atom. The van der Waals surface area contributed by atoms with Gasteiger partial charge in [0.2, 0.25) is 11.8 Å². The summed E-state index contributed by atoms with van der Waals surface area (Å²) in [5, 5.41) is 2.95. The number of hydrogen-bond acceptors (Lipinski definition) is 5. The molecule has 7 heteroatoms. The molecule has 1 fully saturated rings. The third kappa shape index (κ3) is 3.93. The molecule has 1 aliphatic carbocycles. The molecule has 0 radical (unpaired) electrons. The highest BCUT2D eigenvalue weighted by molar-refractivity contribution is 5.98. The smallest absolute Gasteiger partial charge is 0.256 e. The van der Waals surface area contributed by atoms with Crippen molar-refractivity contribution in [3.05, 3.63) is 22.9 Å². The molecule has 0 unspecified atom stereocenters. The number of rotatable bonds is 7. The zero-order valence-corrected chi connectivity index (χ0v) is 16.7. The third-order valence-corrected chi connectivity index (χ3v) is 5.68. The van der Waals surface area contributed by atoms with Gasteiger partial charge in [-0.25, -0.2) is 4.98 Å². The lowest BCUT2D eigenvalue weighted by molar-refractivity contribution is -0.125. The van der Waals surface area contributed by atoms with E-state index < -0.39 is 0 Å². The van der Waals surface area contributed by atoms with Gasteiger partial charge in [-0.3, -0.25) is 14.5 Å². The van der Waals surface area contributed by atoms with Crippen LogP contribution in [0.3, 0.4) is 0 Å². The van der Waals surface area contributed by atoms with Gasteiger partial charge in [0, 0.05) is 18.2 Å². The van der Waals surface area contributed by atoms with Crippen molar-refractivity contribution in [3.8, 4) is 5.88 Å². The molecule has 1 aromatic rings. The molecule has 0 saturated heterocycles. The molecule has 1 aliphatic heterocycles. The van der Waals surface area contributed by atoms with Gasteiger partial charge < -0.3 is 15.0 Å². The van der Waals surface area contributed by atoms with Gasteiger partial charge in [0.25, 0.3) is 5.91 Å². The summed E-state index contributed by atoms with van der Waals surface area (Å²) in [6.45, 7) is 2.84. The van der Waals surface area contributed by atoms with Crippen LogP contribution in [0.5, 0.6) is 5.88 Å². The van der Waals surface area contributed by atoms with E-state index in [2.05, 4.69) is 10.3 Å². The Kier molecular flexibility index (Phi) is 5.99. The highest BCUT2D eigenvalue weighted by atomic mass is 16.5. The molecule has 148 valence electrons. The topological polar surface area (TPSA) is 74.8 Å². The maximum Gasteiger partial charge on any atom is 0.256 e. The van der Waals surface area contributed by atoms with Gasteiger partial charge >= 0.3 is 0 Å². The van der Waals surface area contributed by atoms with Crippen LogP contribution in [0.15, 0.2) is 6.07 Å². The van der Waals surface area contributed by atoms with E-state index in [1.807, 2.05) is 36.9 Å². The molecule has 3 rings (SSSR count). The Balaban J connectivity index is 1.76. The van der Waals surface area contributed by atoms with E-state index in [1.54, 1.807) is 7.11 Å². The predicted molar refractivity (Wildman–Crippen MR) is 103 cm³/mol. The molecule has 27 heavy (non-hydrogen) atoms. The summed E-state index contributed by atoms with van der Waals surface area (Å²) < 4.78 is 5.43. The molecule has 2 heterocycles. The number of nitrogens with one attached hydrogen (secondary N) is 1. The number of hydrogen-bond donors (Lipinski definition) is 1. The second-order valence-corrected chi connectivity index (χ2v) is 7.63. The molecule has 0 spiro atoms. The lowest BCUT2D eigenvalue weighted by Crippen LogP contribution is -2.42. The number of carbonyl (C=O) groups is 2. The number of pyridine rings is 1. The first-order valence-electron chi connectivity index (χ1n) is 9.78. The first-order valence-corrected chi connectivity index (χ1v) is 9.78. The molecular weight excluding hydrogens is 344 g/mol. The van der Waals surface area contributed by atoms with Crippen LogP contribution in [0.25, 0.3) is 0 Å². The second kappa shape index (κ2) is 8.25. The van der Waals surface area contributed by atoms with Crippen molar-refractivity contribution in [3.63, 3.8) is 0 Å². The molecule has 1 atom stereocenters. The first-order chi connectivity index (χ1) is 13.0. The van der Waals surface area contributed by atoms with Gasteiger partial charge in [0.05, 0.1) is 31.0 Å². The Bertz CT molecular complexity index is 713. The fourth-order valence-corrected chi connectivity index (χ4v) is 4.17. The number of nitrogens with zero attached hydrogens (tertiary/aromatic N) is 3. The molecule has 1 aromatic heterocycles.